The third-order valence-corrected chi connectivity index (χ3v) is 4.36. The van der Waals surface area contributed by atoms with Gasteiger partial charge in [0.25, 0.3) is 0 Å². The van der Waals surface area contributed by atoms with Gasteiger partial charge in [0.2, 0.25) is 0 Å². The molecule has 4 heteroatoms. The zero-order valence-corrected chi connectivity index (χ0v) is 12.1. The molecule has 2 fully saturated rings. The maximum Gasteiger partial charge on any atom is 0.0747 e. The van der Waals surface area contributed by atoms with Crippen LogP contribution in [0, 0.1) is 0 Å². The summed E-state index contributed by atoms with van der Waals surface area (Å²) < 4.78 is 6.04. The van der Waals surface area contributed by atoms with Crippen LogP contribution in [-0.4, -0.2) is 67.8 Å². The van der Waals surface area contributed by atoms with E-state index in [-0.39, 0.29) is 0 Å². The lowest BCUT2D eigenvalue weighted by Gasteiger charge is -2.36. The number of nitrogens with two attached hydrogens (primary N) is 1. The van der Waals surface area contributed by atoms with Gasteiger partial charge in [0, 0.05) is 25.2 Å². The lowest BCUT2D eigenvalue weighted by atomic mass is 10.0. The normalized spacial score (nSPS) is 35.5. The number of likely N-dealkylation sites (N-methyl/N-ethyl adjacent to an activating group) is 1. The third kappa shape index (κ3) is 3.23. The molecule has 4 nitrogen and oxygen atoms in total. The van der Waals surface area contributed by atoms with Crippen molar-refractivity contribution in [1.82, 2.24) is 9.80 Å². The van der Waals surface area contributed by atoms with Crippen LogP contribution in [0.1, 0.15) is 32.6 Å². The zero-order chi connectivity index (χ0) is 13.1. The molecule has 2 aliphatic heterocycles. The van der Waals surface area contributed by atoms with E-state index in [4.69, 9.17) is 10.5 Å². The number of hydrogen-bond donors (Lipinski definition) is 1. The second-order valence-electron chi connectivity index (χ2n) is 6.16. The average molecular weight is 255 g/mol. The predicted octanol–water partition coefficient (Wildman–Crippen LogP) is 0.907. The van der Waals surface area contributed by atoms with Gasteiger partial charge in [0.1, 0.15) is 0 Å². The Balaban J connectivity index is 1.97. The van der Waals surface area contributed by atoms with Crippen LogP contribution in [0.5, 0.6) is 0 Å². The maximum absolute atomic E-state index is 6.04. The molecule has 0 bridgehead atoms. The summed E-state index contributed by atoms with van der Waals surface area (Å²) in [6.07, 6.45) is 5.74. The van der Waals surface area contributed by atoms with Crippen LogP contribution in [0.2, 0.25) is 0 Å². The highest BCUT2D eigenvalue weighted by Crippen LogP contribution is 2.29. The number of likely N-dealkylation sites (tertiary alicyclic amines) is 1. The fraction of sp³-hybridized carbons (Fsp3) is 1.00. The van der Waals surface area contributed by atoms with Crippen LogP contribution in [0.3, 0.4) is 0 Å². The highest BCUT2D eigenvalue weighted by Gasteiger charge is 2.37. The fourth-order valence-electron chi connectivity index (χ4n) is 3.53. The molecule has 0 aromatic rings. The van der Waals surface area contributed by atoms with Crippen LogP contribution in [-0.2, 0) is 4.74 Å². The van der Waals surface area contributed by atoms with Crippen LogP contribution < -0.4 is 5.73 Å². The van der Waals surface area contributed by atoms with E-state index in [0.29, 0.717) is 24.3 Å². The quantitative estimate of drug-likeness (QED) is 0.793. The Kier molecular flexibility index (Phi) is 5.01. The van der Waals surface area contributed by atoms with Crippen molar-refractivity contribution in [3.05, 3.63) is 0 Å². The van der Waals surface area contributed by atoms with Gasteiger partial charge in [0.15, 0.2) is 0 Å². The Hall–Kier alpha value is -0.160. The van der Waals surface area contributed by atoms with E-state index in [0.717, 1.165) is 13.1 Å². The summed E-state index contributed by atoms with van der Waals surface area (Å²) >= 11 is 0. The maximum atomic E-state index is 6.04. The van der Waals surface area contributed by atoms with Crippen molar-refractivity contribution in [3.63, 3.8) is 0 Å². The number of hydrogen-bond acceptors (Lipinski definition) is 4. The summed E-state index contributed by atoms with van der Waals surface area (Å²) in [4.78, 5) is 4.90. The Bertz CT molecular complexity index is 259. The van der Waals surface area contributed by atoms with Crippen molar-refractivity contribution in [2.24, 2.45) is 5.73 Å². The fourth-order valence-corrected chi connectivity index (χ4v) is 3.53. The zero-order valence-electron chi connectivity index (χ0n) is 12.1. The standard InChI is InChI=1S/C14H29N3O/c1-11-6-7-14(18-11)13(9-15)17-8-4-5-12(17)10-16(2)3/h11-14H,4-10,15H2,1-3H3. The molecule has 2 N–H and O–H groups in total. The van der Waals surface area contributed by atoms with Crippen molar-refractivity contribution in [3.8, 4) is 0 Å². The molecule has 106 valence electrons. The predicted molar refractivity (Wildman–Crippen MR) is 74.7 cm³/mol. The molecule has 18 heavy (non-hydrogen) atoms. The molecule has 0 aromatic heterocycles. The van der Waals surface area contributed by atoms with Gasteiger partial charge in [-0.2, -0.15) is 0 Å². The number of nitrogens with zero attached hydrogens (tertiary/aromatic N) is 2. The van der Waals surface area contributed by atoms with Gasteiger partial charge in [-0.15, -0.1) is 0 Å². The second-order valence-corrected chi connectivity index (χ2v) is 6.16. The SMILES string of the molecule is CC1CCC(C(CN)N2CCCC2CN(C)C)O1. The molecule has 0 amide bonds. The Morgan fingerprint density at radius 2 is 2.11 bits per heavy atom. The van der Waals surface area contributed by atoms with Crippen molar-refractivity contribution >= 4 is 0 Å². The Morgan fingerprint density at radius 1 is 1.33 bits per heavy atom. The smallest absolute Gasteiger partial charge is 0.0747 e. The number of rotatable bonds is 5. The molecule has 2 saturated heterocycles. The summed E-state index contributed by atoms with van der Waals surface area (Å²) in [5, 5.41) is 0. The molecule has 0 spiro atoms. The van der Waals surface area contributed by atoms with Crippen LogP contribution in [0.4, 0.5) is 0 Å². The summed E-state index contributed by atoms with van der Waals surface area (Å²) in [6.45, 7) is 5.23. The van der Waals surface area contributed by atoms with E-state index < -0.39 is 0 Å². The molecule has 0 saturated carbocycles. The minimum atomic E-state index is 0.354. The lowest BCUT2D eigenvalue weighted by molar-refractivity contribution is -0.0105. The van der Waals surface area contributed by atoms with Crippen molar-refractivity contribution in [2.45, 2.75) is 56.9 Å². The molecule has 0 aromatic carbocycles. The minimum Gasteiger partial charge on any atom is -0.374 e. The monoisotopic (exact) mass is 255 g/mol. The van der Waals surface area contributed by atoms with E-state index in [1.807, 2.05) is 0 Å². The molecule has 2 heterocycles. The van der Waals surface area contributed by atoms with Crippen molar-refractivity contribution in [2.75, 3.05) is 33.7 Å². The first kappa shape index (κ1) is 14.3. The molecule has 0 aliphatic carbocycles. The van der Waals surface area contributed by atoms with Gasteiger partial charge < -0.3 is 15.4 Å². The molecular formula is C14H29N3O. The molecule has 2 rings (SSSR count). The largest absolute Gasteiger partial charge is 0.374 e. The van der Waals surface area contributed by atoms with E-state index in [2.05, 4.69) is 30.8 Å². The van der Waals surface area contributed by atoms with Gasteiger partial charge in [-0.3, -0.25) is 4.90 Å². The first-order valence-electron chi connectivity index (χ1n) is 7.37. The lowest BCUT2D eigenvalue weighted by Crippen LogP contribution is -2.52. The number of ether oxygens (including phenoxy) is 1. The topological polar surface area (TPSA) is 41.7 Å². The van der Waals surface area contributed by atoms with E-state index in [9.17, 15) is 0 Å². The highest BCUT2D eigenvalue weighted by atomic mass is 16.5. The van der Waals surface area contributed by atoms with Crippen LogP contribution >= 0.6 is 0 Å². The van der Waals surface area contributed by atoms with Gasteiger partial charge in [-0.25, -0.2) is 0 Å². The van der Waals surface area contributed by atoms with Crippen LogP contribution in [0.15, 0.2) is 0 Å². The minimum absolute atomic E-state index is 0.354. The van der Waals surface area contributed by atoms with E-state index >= 15 is 0 Å². The van der Waals surface area contributed by atoms with Crippen molar-refractivity contribution in [1.29, 1.82) is 0 Å². The van der Waals surface area contributed by atoms with E-state index in [1.165, 1.54) is 32.2 Å². The first-order chi connectivity index (χ1) is 8.61. The molecule has 2 aliphatic rings. The van der Waals surface area contributed by atoms with Crippen molar-refractivity contribution < 1.29 is 4.74 Å². The summed E-state index contributed by atoms with van der Waals surface area (Å²) in [5.41, 5.74) is 6.04. The van der Waals surface area contributed by atoms with Gasteiger partial charge in [-0.1, -0.05) is 0 Å². The average Bonchev–Trinajstić information content (AvgIpc) is 2.90. The van der Waals surface area contributed by atoms with Crippen LogP contribution in [0.25, 0.3) is 0 Å². The summed E-state index contributed by atoms with van der Waals surface area (Å²) in [7, 11) is 4.31. The summed E-state index contributed by atoms with van der Waals surface area (Å²) in [6, 6.07) is 1.08. The Morgan fingerprint density at radius 3 is 2.67 bits per heavy atom. The third-order valence-electron chi connectivity index (χ3n) is 4.36. The Labute approximate surface area is 111 Å². The molecule has 0 radical (unpaired) electrons. The van der Waals surface area contributed by atoms with Gasteiger partial charge in [-0.05, 0) is 53.2 Å². The molecule has 4 atom stereocenters. The molecular weight excluding hydrogens is 226 g/mol. The van der Waals surface area contributed by atoms with Gasteiger partial charge in [0.05, 0.1) is 12.2 Å². The highest BCUT2D eigenvalue weighted by molar-refractivity contribution is 4.92. The van der Waals surface area contributed by atoms with Gasteiger partial charge >= 0.3 is 0 Å². The summed E-state index contributed by atoms with van der Waals surface area (Å²) in [5.74, 6) is 0. The van der Waals surface area contributed by atoms with E-state index in [1.54, 1.807) is 0 Å². The second kappa shape index (κ2) is 6.33. The molecule has 4 unspecified atom stereocenters. The first-order valence-corrected chi connectivity index (χ1v) is 7.37.